The molecule has 2 atom stereocenters. The first-order valence-electron chi connectivity index (χ1n) is 11.9. The summed E-state index contributed by atoms with van der Waals surface area (Å²) in [6.45, 7) is -0.372. The maximum atomic E-state index is 14.6. The van der Waals surface area contributed by atoms with Gasteiger partial charge in [-0.25, -0.2) is 14.4 Å². The van der Waals surface area contributed by atoms with Crippen LogP contribution >= 0.6 is 34.5 Å². The number of carbonyl (C=O) groups is 2. The highest BCUT2D eigenvalue weighted by Crippen LogP contribution is 2.48. The molecular weight excluding hydrogens is 625 g/mol. The van der Waals surface area contributed by atoms with Crippen molar-refractivity contribution in [1.82, 2.24) is 15.3 Å². The molecule has 2 aromatic heterocycles. The fourth-order valence-electron chi connectivity index (χ4n) is 4.42. The van der Waals surface area contributed by atoms with Gasteiger partial charge in [-0.3, -0.25) is 9.59 Å². The van der Waals surface area contributed by atoms with Crippen molar-refractivity contribution >= 4 is 61.7 Å². The van der Waals surface area contributed by atoms with Crippen molar-refractivity contribution in [2.45, 2.75) is 24.1 Å². The summed E-state index contributed by atoms with van der Waals surface area (Å²) in [6.07, 6.45) is -5.39. The van der Waals surface area contributed by atoms with Crippen LogP contribution in [0.25, 0.3) is 21.5 Å². The molecule has 4 aromatic rings. The number of nitrogens with one attached hydrogen (secondary N) is 1. The summed E-state index contributed by atoms with van der Waals surface area (Å²) in [7, 11) is 0. The van der Waals surface area contributed by atoms with Crippen LogP contribution in [0.5, 0.6) is 5.75 Å². The van der Waals surface area contributed by atoms with Gasteiger partial charge in [-0.2, -0.15) is 13.2 Å². The number of alkyl halides is 3. The number of nitrogens with zero attached hydrogens (tertiary/aromatic N) is 2. The molecule has 2 amide bonds. The minimum Gasteiger partial charge on any atom is -0.489 e. The number of pyridine rings is 1. The number of primary amides is 1. The van der Waals surface area contributed by atoms with Crippen LogP contribution in [0.15, 0.2) is 36.4 Å². The number of nitrogen functional groups attached to an aromatic ring is 1. The summed E-state index contributed by atoms with van der Waals surface area (Å²) in [5.41, 5.74) is 4.77. The molecule has 3 heterocycles. The van der Waals surface area contributed by atoms with Crippen LogP contribution in [0, 0.1) is 5.82 Å². The van der Waals surface area contributed by atoms with E-state index >= 15 is 0 Å². The summed E-state index contributed by atoms with van der Waals surface area (Å²) in [6, 6.07) is 6.66. The maximum absolute atomic E-state index is 14.6. The standard InChI is InChI=1S/C26H19Cl2F4N5O4S/c1-24(22(33)39)9-41-20-12(24)7-17(36-18(20)10-2-3-15(29)13(27)4-10)25(40,26(30,31)32)8-35-21(38)11-5-14(28)19-16(6-11)42-23(34)37-19/h2-7,40H,8-9H2,1H3,(H2,33,39)(H2,34,37)(H,35,38)/t24-,25?/m0/s1. The van der Waals surface area contributed by atoms with E-state index in [1.54, 1.807) is 0 Å². The smallest absolute Gasteiger partial charge is 0.424 e. The number of benzene rings is 2. The summed E-state index contributed by atoms with van der Waals surface area (Å²) in [5, 5.41) is 13.1. The quantitative estimate of drug-likeness (QED) is 0.222. The van der Waals surface area contributed by atoms with Crippen LogP contribution in [-0.2, 0) is 15.8 Å². The lowest BCUT2D eigenvalue weighted by Gasteiger charge is -2.31. The number of carbonyl (C=O) groups excluding carboxylic acids is 2. The van der Waals surface area contributed by atoms with Gasteiger partial charge < -0.3 is 26.6 Å². The minimum atomic E-state index is -5.39. The van der Waals surface area contributed by atoms with Gasteiger partial charge in [-0.1, -0.05) is 34.5 Å². The maximum Gasteiger partial charge on any atom is 0.424 e. The molecule has 0 fully saturated rings. The lowest BCUT2D eigenvalue weighted by Crippen LogP contribution is -2.51. The third kappa shape index (κ3) is 4.87. The summed E-state index contributed by atoms with van der Waals surface area (Å²) < 4.78 is 63.7. The number of halogens is 6. The number of nitrogens with two attached hydrogens (primary N) is 2. The Hall–Kier alpha value is -3.72. The Bertz CT molecular complexity index is 1790. The number of ether oxygens (including phenoxy) is 1. The fourth-order valence-corrected chi connectivity index (χ4v) is 5.72. The summed E-state index contributed by atoms with van der Waals surface area (Å²) in [5.74, 6) is -2.81. The molecule has 0 bridgehead atoms. The first kappa shape index (κ1) is 29.8. The Kier molecular flexibility index (Phi) is 7.24. The van der Waals surface area contributed by atoms with E-state index in [1.807, 2.05) is 0 Å². The highest BCUT2D eigenvalue weighted by Gasteiger charge is 2.57. The second-order valence-corrected chi connectivity index (χ2v) is 11.6. The van der Waals surface area contributed by atoms with Crippen molar-refractivity contribution in [3.8, 4) is 17.0 Å². The first-order valence-corrected chi connectivity index (χ1v) is 13.5. The van der Waals surface area contributed by atoms with Crippen LogP contribution < -0.4 is 21.5 Å². The second kappa shape index (κ2) is 10.2. The molecule has 0 radical (unpaired) electrons. The van der Waals surface area contributed by atoms with Gasteiger partial charge in [0.2, 0.25) is 11.5 Å². The molecule has 6 N–H and O–H groups in total. The van der Waals surface area contributed by atoms with Gasteiger partial charge in [0, 0.05) is 16.7 Å². The highest BCUT2D eigenvalue weighted by atomic mass is 35.5. The number of rotatable bonds is 6. The van der Waals surface area contributed by atoms with Gasteiger partial charge in [0.25, 0.3) is 5.91 Å². The Labute approximate surface area is 248 Å². The van der Waals surface area contributed by atoms with E-state index in [2.05, 4.69) is 15.3 Å². The number of thiazole rings is 1. The molecule has 2 aromatic carbocycles. The highest BCUT2D eigenvalue weighted by molar-refractivity contribution is 7.22. The average molecular weight is 644 g/mol. The van der Waals surface area contributed by atoms with Crippen molar-refractivity contribution in [2.24, 2.45) is 5.73 Å². The van der Waals surface area contributed by atoms with Gasteiger partial charge in [0.15, 0.2) is 5.13 Å². The Morgan fingerprint density at radius 3 is 2.52 bits per heavy atom. The molecular formula is C26H19Cl2F4N5O4S. The molecule has 0 saturated heterocycles. The Balaban J connectivity index is 1.61. The second-order valence-electron chi connectivity index (χ2n) is 9.74. The summed E-state index contributed by atoms with van der Waals surface area (Å²) in [4.78, 5) is 33.4. The molecule has 16 heteroatoms. The third-order valence-corrected chi connectivity index (χ3v) is 8.34. The lowest BCUT2D eigenvalue weighted by molar-refractivity contribution is -0.265. The molecule has 9 nitrogen and oxygen atoms in total. The van der Waals surface area contributed by atoms with Crippen LogP contribution in [0.1, 0.15) is 28.5 Å². The van der Waals surface area contributed by atoms with Gasteiger partial charge in [-0.15, -0.1) is 0 Å². The lowest BCUT2D eigenvalue weighted by atomic mass is 9.81. The normalized spacial score (nSPS) is 17.9. The average Bonchev–Trinajstić information content (AvgIpc) is 3.47. The predicted molar refractivity (Wildman–Crippen MR) is 148 cm³/mol. The van der Waals surface area contributed by atoms with Gasteiger partial charge >= 0.3 is 6.18 Å². The predicted octanol–water partition coefficient (Wildman–Crippen LogP) is 4.70. The monoisotopic (exact) mass is 643 g/mol. The molecule has 0 spiro atoms. The molecule has 1 unspecified atom stereocenters. The molecule has 42 heavy (non-hydrogen) atoms. The third-order valence-electron chi connectivity index (χ3n) is 6.93. The molecule has 0 aliphatic carbocycles. The van der Waals surface area contributed by atoms with Crippen molar-refractivity contribution in [2.75, 3.05) is 18.9 Å². The molecule has 1 aliphatic heterocycles. The van der Waals surface area contributed by atoms with Crippen molar-refractivity contribution in [1.29, 1.82) is 0 Å². The zero-order chi connectivity index (χ0) is 30.8. The zero-order valence-electron chi connectivity index (χ0n) is 21.3. The van der Waals surface area contributed by atoms with Gasteiger partial charge in [0.1, 0.15) is 34.8 Å². The van der Waals surface area contributed by atoms with Gasteiger partial charge in [0.05, 0.1) is 27.0 Å². The van der Waals surface area contributed by atoms with Crippen LogP contribution in [0.4, 0.5) is 22.7 Å². The SMILES string of the molecule is C[C@]1(C(N)=O)COc2c1cc(C(O)(CNC(=O)c1cc(Cl)c3nc(N)sc3c1)C(F)(F)F)nc2-c1ccc(F)c(Cl)c1. The molecule has 5 rings (SSSR count). The van der Waals surface area contributed by atoms with Crippen LogP contribution in [-0.4, -0.2) is 46.2 Å². The van der Waals surface area contributed by atoms with E-state index in [-0.39, 0.29) is 49.9 Å². The van der Waals surface area contributed by atoms with Crippen molar-refractivity contribution in [3.05, 3.63) is 69.1 Å². The van der Waals surface area contributed by atoms with E-state index in [9.17, 15) is 32.3 Å². The number of hydrogen-bond acceptors (Lipinski definition) is 8. The Morgan fingerprint density at radius 1 is 1.17 bits per heavy atom. The summed E-state index contributed by atoms with van der Waals surface area (Å²) >= 11 is 13.1. The van der Waals surface area contributed by atoms with Crippen molar-refractivity contribution in [3.63, 3.8) is 0 Å². The number of aliphatic hydroxyl groups is 1. The molecule has 220 valence electrons. The Morgan fingerprint density at radius 2 is 1.88 bits per heavy atom. The number of anilines is 1. The van der Waals surface area contributed by atoms with Crippen molar-refractivity contribution < 1.29 is 37.0 Å². The first-order chi connectivity index (χ1) is 19.5. The zero-order valence-corrected chi connectivity index (χ0v) is 23.6. The number of amides is 2. The van der Waals surface area contributed by atoms with E-state index in [0.29, 0.717) is 10.2 Å². The molecule has 0 saturated carbocycles. The number of hydrogen-bond donors (Lipinski definition) is 4. The van der Waals surface area contributed by atoms with E-state index < -0.39 is 47.1 Å². The van der Waals surface area contributed by atoms with Gasteiger partial charge in [-0.05, 0) is 43.3 Å². The fraction of sp³-hybridized carbons (Fsp3) is 0.231. The van der Waals surface area contributed by atoms with Crippen LogP contribution in [0.2, 0.25) is 10.0 Å². The topological polar surface area (TPSA) is 153 Å². The largest absolute Gasteiger partial charge is 0.489 e. The van der Waals surface area contributed by atoms with E-state index in [0.717, 1.165) is 29.5 Å². The number of aromatic nitrogens is 2. The van der Waals surface area contributed by atoms with E-state index in [4.69, 9.17) is 39.4 Å². The number of fused-ring (bicyclic) bond motifs is 2. The molecule has 1 aliphatic rings. The minimum absolute atomic E-state index is 0.0357. The van der Waals surface area contributed by atoms with Crippen LogP contribution in [0.3, 0.4) is 0 Å². The van der Waals surface area contributed by atoms with E-state index in [1.165, 1.54) is 25.1 Å².